The molecule has 9 atom stereocenters. The van der Waals surface area contributed by atoms with Crippen LogP contribution in [0.25, 0.3) is 0 Å². The van der Waals surface area contributed by atoms with Crippen LogP contribution in [0.2, 0.25) is 0 Å². The summed E-state index contributed by atoms with van der Waals surface area (Å²) in [4.78, 5) is 13.0. The number of carbonyl (C=O) groups excluding carboxylic acids is 1. The highest BCUT2D eigenvalue weighted by Crippen LogP contribution is 2.67. The summed E-state index contributed by atoms with van der Waals surface area (Å²) in [6, 6.07) is 26.4. The number of alkyl carbamates (subject to hydrolysis) is 1. The van der Waals surface area contributed by atoms with E-state index in [1.807, 2.05) is 42.5 Å². The second kappa shape index (κ2) is 23.0. The van der Waals surface area contributed by atoms with Crippen LogP contribution >= 0.6 is 0 Å². The first-order valence-corrected chi connectivity index (χ1v) is 26.2. The van der Waals surface area contributed by atoms with Crippen molar-refractivity contribution in [3.05, 3.63) is 107 Å². The summed E-state index contributed by atoms with van der Waals surface area (Å²) in [5.41, 5.74) is 4.43. The van der Waals surface area contributed by atoms with E-state index in [-0.39, 0.29) is 17.6 Å². The summed E-state index contributed by atoms with van der Waals surface area (Å²) in [5.74, 6) is 6.57. The number of allylic oxidation sites excluding steroid dienone is 1. The van der Waals surface area contributed by atoms with Gasteiger partial charge in [0.1, 0.15) is 23.2 Å². The van der Waals surface area contributed by atoms with Crippen molar-refractivity contribution in [1.82, 2.24) is 5.32 Å². The van der Waals surface area contributed by atoms with Crippen molar-refractivity contribution >= 4 is 6.09 Å². The number of amides is 1. The highest BCUT2D eigenvalue weighted by molar-refractivity contribution is 5.67. The summed E-state index contributed by atoms with van der Waals surface area (Å²) >= 11 is 0. The number of methoxy groups -OCH3 is 2. The lowest BCUT2D eigenvalue weighted by Crippen LogP contribution is -2.51. The molecule has 3 fully saturated rings. The molecule has 3 aromatic rings. The van der Waals surface area contributed by atoms with E-state index in [2.05, 4.69) is 82.4 Å². The van der Waals surface area contributed by atoms with E-state index in [0.29, 0.717) is 25.0 Å². The van der Waals surface area contributed by atoms with Crippen molar-refractivity contribution in [3.8, 4) is 11.5 Å². The Kier molecular flexibility index (Phi) is 17.4. The highest BCUT2D eigenvalue weighted by Gasteiger charge is 2.59. The largest absolute Gasteiger partial charge is 0.497 e. The van der Waals surface area contributed by atoms with Crippen LogP contribution in [0.5, 0.6) is 11.5 Å². The van der Waals surface area contributed by atoms with Crippen LogP contribution in [0.3, 0.4) is 0 Å². The summed E-state index contributed by atoms with van der Waals surface area (Å²) in [6.45, 7) is 13.6. The summed E-state index contributed by atoms with van der Waals surface area (Å²) in [7, 11) is 3.34. The zero-order chi connectivity index (χ0) is 46.7. The molecule has 0 saturated heterocycles. The molecule has 0 spiro atoms. The average Bonchev–Trinajstić information content (AvgIpc) is 3.69. The van der Waals surface area contributed by atoms with Gasteiger partial charge >= 0.3 is 6.09 Å². The fraction of sp³-hybridized carbons (Fsp3) is 0.644. The number of fused-ring (bicyclic) bond motifs is 5. The molecule has 0 heterocycles. The minimum absolute atomic E-state index is 0.0197. The topological polar surface area (TPSA) is 86.2 Å². The Labute approximate surface area is 399 Å². The Hall–Kier alpha value is -3.81. The zero-order valence-electron chi connectivity index (χ0n) is 41.8. The first kappa shape index (κ1) is 50.1. The molecule has 1 amide bonds. The maximum atomic E-state index is 13.0. The molecular weight excluding hydrogens is 819 g/mol. The second-order valence-electron chi connectivity index (χ2n) is 21.8. The molecule has 4 unspecified atom stereocenters. The van der Waals surface area contributed by atoms with Gasteiger partial charge in [-0.25, -0.2) is 4.79 Å². The lowest BCUT2D eigenvalue weighted by molar-refractivity contribution is -0.0581. The molecule has 4 aliphatic rings. The maximum Gasteiger partial charge on any atom is 0.407 e. The molecule has 2 N–H and O–H groups in total. The fourth-order valence-electron chi connectivity index (χ4n) is 13.7. The van der Waals surface area contributed by atoms with Gasteiger partial charge in [-0.05, 0) is 152 Å². The molecule has 7 rings (SSSR count). The van der Waals surface area contributed by atoms with Gasteiger partial charge in [-0.2, -0.15) is 0 Å². The molecule has 4 aliphatic carbocycles. The van der Waals surface area contributed by atoms with Crippen LogP contribution in [-0.4, -0.2) is 50.8 Å². The lowest BCUT2D eigenvalue weighted by atomic mass is 9.47. The molecular formula is C59H85NO6. The Morgan fingerprint density at radius 3 is 2.05 bits per heavy atom. The molecule has 7 heteroatoms. The fourth-order valence-corrected chi connectivity index (χ4v) is 13.7. The Bertz CT molecular complexity index is 1930. The van der Waals surface area contributed by atoms with Crippen LogP contribution in [0, 0.1) is 46.3 Å². The Morgan fingerprint density at radius 2 is 1.38 bits per heavy atom. The van der Waals surface area contributed by atoms with E-state index >= 15 is 0 Å². The number of benzene rings is 3. The SMILES string of the molecule is COc1ccc(C(OCCC(O)CCCCCCCNC(=O)O[C@@H]2CC[C@]3(C)C(=CCC4C3CC[C@]3(C)C4CC[C@H]3[C@@H](C)CCCC(C)C)C2)(c2ccccc2)c2ccc(OC)cc2)cc1. The molecule has 362 valence electrons. The van der Waals surface area contributed by atoms with Crippen LogP contribution in [0.1, 0.15) is 167 Å². The van der Waals surface area contributed by atoms with E-state index in [4.69, 9.17) is 18.9 Å². The number of unbranched alkanes of at least 4 members (excludes halogenated alkanes) is 4. The van der Waals surface area contributed by atoms with Crippen LogP contribution in [0.15, 0.2) is 90.5 Å². The van der Waals surface area contributed by atoms with Crippen molar-refractivity contribution in [3.63, 3.8) is 0 Å². The van der Waals surface area contributed by atoms with Gasteiger partial charge in [0.25, 0.3) is 0 Å². The quantitative estimate of drug-likeness (QED) is 0.0560. The van der Waals surface area contributed by atoms with E-state index in [1.54, 1.807) is 19.8 Å². The predicted octanol–water partition coefficient (Wildman–Crippen LogP) is 14.2. The standard InChI is InChI=1S/C59H85NO6/c1-42(2)17-16-18-43(3)53-32-33-54-52-31-26-47-41-51(34-37-57(47,4)55(52)35-38-58(53,54)5)66-56(62)60-39-15-10-8-9-14-21-48(61)36-40-65-59(44-19-12-11-13-20-44,45-22-27-49(63-6)28-23-45)46-24-29-50(64-7)30-25-46/h11-13,19-20,22-30,42-43,48,51-55,61H,8-10,14-18,21,31-41H2,1-7H3,(H,60,62)/t43-,48?,51+,52?,53-,54?,55?,57+,58-/m0/s1. The molecule has 0 aliphatic heterocycles. The molecule has 0 aromatic heterocycles. The molecule has 7 nitrogen and oxygen atoms in total. The minimum Gasteiger partial charge on any atom is -0.497 e. The molecule has 0 bridgehead atoms. The van der Waals surface area contributed by atoms with E-state index in [1.165, 1.54) is 51.4 Å². The van der Waals surface area contributed by atoms with Crippen molar-refractivity contribution < 1.29 is 28.8 Å². The van der Waals surface area contributed by atoms with Gasteiger partial charge in [-0.15, -0.1) is 0 Å². The average molecular weight is 904 g/mol. The van der Waals surface area contributed by atoms with Gasteiger partial charge in [-0.1, -0.05) is 146 Å². The van der Waals surface area contributed by atoms with Gasteiger partial charge < -0.3 is 29.4 Å². The molecule has 3 aromatic carbocycles. The maximum absolute atomic E-state index is 13.0. The smallest absolute Gasteiger partial charge is 0.407 e. The summed E-state index contributed by atoms with van der Waals surface area (Å²) < 4.78 is 24.0. The number of carbonyl (C=O) groups is 1. The van der Waals surface area contributed by atoms with Crippen molar-refractivity contribution in [2.45, 2.75) is 168 Å². The summed E-state index contributed by atoms with van der Waals surface area (Å²) in [5, 5.41) is 14.1. The molecule has 66 heavy (non-hydrogen) atoms. The number of nitrogens with one attached hydrogen (secondary N) is 1. The van der Waals surface area contributed by atoms with Crippen LogP contribution < -0.4 is 14.8 Å². The van der Waals surface area contributed by atoms with Crippen molar-refractivity contribution in [2.75, 3.05) is 27.4 Å². The van der Waals surface area contributed by atoms with Gasteiger partial charge in [0.05, 0.1) is 26.9 Å². The number of hydrogen-bond donors (Lipinski definition) is 2. The van der Waals surface area contributed by atoms with E-state index in [9.17, 15) is 9.90 Å². The molecule has 3 saturated carbocycles. The normalized spacial score (nSPS) is 26.9. The Balaban J connectivity index is 0.803. The van der Waals surface area contributed by atoms with Gasteiger partial charge in [0.15, 0.2) is 0 Å². The first-order valence-electron chi connectivity index (χ1n) is 26.2. The van der Waals surface area contributed by atoms with E-state index < -0.39 is 11.7 Å². The number of ether oxygens (including phenoxy) is 4. The third kappa shape index (κ3) is 11.4. The van der Waals surface area contributed by atoms with E-state index in [0.717, 1.165) is 121 Å². The number of hydrogen-bond acceptors (Lipinski definition) is 6. The molecule has 0 radical (unpaired) electrons. The van der Waals surface area contributed by atoms with Gasteiger partial charge in [0, 0.05) is 13.0 Å². The lowest BCUT2D eigenvalue weighted by Gasteiger charge is -2.58. The van der Waals surface area contributed by atoms with Crippen molar-refractivity contribution in [2.24, 2.45) is 46.3 Å². The number of rotatable bonds is 23. The van der Waals surface area contributed by atoms with Crippen LogP contribution in [0.4, 0.5) is 4.79 Å². The Morgan fingerprint density at radius 1 is 0.727 bits per heavy atom. The van der Waals surface area contributed by atoms with Crippen molar-refractivity contribution in [1.29, 1.82) is 0 Å². The third-order valence-corrected chi connectivity index (χ3v) is 17.5. The zero-order valence-corrected chi connectivity index (χ0v) is 41.8. The second-order valence-corrected chi connectivity index (χ2v) is 21.8. The number of aliphatic hydroxyl groups excluding tert-OH is 1. The highest BCUT2D eigenvalue weighted by atomic mass is 16.6. The monoisotopic (exact) mass is 904 g/mol. The first-order chi connectivity index (χ1) is 31.9. The summed E-state index contributed by atoms with van der Waals surface area (Å²) in [6.07, 6.45) is 22.2. The third-order valence-electron chi connectivity index (χ3n) is 17.5. The van der Waals surface area contributed by atoms with Crippen LogP contribution in [-0.2, 0) is 15.1 Å². The van der Waals surface area contributed by atoms with Gasteiger partial charge in [0.2, 0.25) is 0 Å². The predicted molar refractivity (Wildman–Crippen MR) is 268 cm³/mol. The minimum atomic E-state index is -0.891. The van der Waals surface area contributed by atoms with Gasteiger partial charge in [-0.3, -0.25) is 0 Å². The number of aliphatic hydroxyl groups is 1.